The second-order valence-corrected chi connectivity index (χ2v) is 18.9. The highest BCUT2D eigenvalue weighted by atomic mass is 16.5. The summed E-state index contributed by atoms with van der Waals surface area (Å²) in [4.78, 5) is 2.62. The smallest absolute Gasteiger partial charge is 0.199 e. The Labute approximate surface area is 409 Å². The van der Waals surface area contributed by atoms with Gasteiger partial charge in [0.1, 0.15) is 36.1 Å². The summed E-state index contributed by atoms with van der Waals surface area (Å²) in [5.74, 6) is 2.89. The summed E-state index contributed by atoms with van der Waals surface area (Å²) in [5.41, 5.74) is 6.75. The lowest BCUT2D eigenvalue weighted by Gasteiger charge is -2.25. The van der Waals surface area contributed by atoms with Crippen molar-refractivity contribution < 1.29 is 23.5 Å². The standard InChI is InChI=1S/C61H93N2O4/c1-9-13-17-21-25-29-41-62(42-30-26-22-18-14-10-2)54-37-33-50(34-38-54)52-45-58(64-5)56(59(46-52)65-6)49-57-60(66-7)47-53(48-61(57)67-8)51-35-39-55(40-36-51)63(43-31-27-23-19-15-11-3)44-32-28-24-20-16-12-4/h33-40,45-49H,9-32,41-44H2,1-8H3/q+1. The number of rotatable bonds is 35. The minimum Gasteiger partial charge on any atom is -0.496 e. The molecule has 1 aliphatic carbocycles. The number of nitrogens with zero attached hydrogens (tertiary/aromatic N) is 2. The molecule has 0 amide bonds. The SMILES string of the molecule is CCCCCCCCN(CCCCCCCC)c1ccc(-c2cc(OC)c(C=c3c(OC)cc(=C4C=CC(=[N+](CCCCCCCC)CCCCCCCC)C=C4)cc3OC)c(OC)c2)cc1. The van der Waals surface area contributed by atoms with Crippen LogP contribution in [-0.4, -0.2) is 64.9 Å². The van der Waals surface area contributed by atoms with E-state index >= 15 is 0 Å². The van der Waals surface area contributed by atoms with E-state index in [1.165, 1.54) is 165 Å². The molecule has 0 saturated carbocycles. The summed E-state index contributed by atoms with van der Waals surface area (Å²) in [6, 6.07) is 17.6. The van der Waals surface area contributed by atoms with Crippen LogP contribution in [-0.2, 0) is 0 Å². The average molecular weight is 918 g/mol. The Balaban J connectivity index is 1.61. The maximum absolute atomic E-state index is 6.10. The van der Waals surface area contributed by atoms with E-state index < -0.39 is 0 Å². The Bertz CT molecular complexity index is 1950. The predicted molar refractivity (Wildman–Crippen MR) is 290 cm³/mol. The normalized spacial score (nSPS) is 12.2. The molecule has 3 aromatic carbocycles. The molecule has 370 valence electrons. The fourth-order valence-electron chi connectivity index (χ4n) is 9.44. The van der Waals surface area contributed by atoms with E-state index in [-0.39, 0.29) is 0 Å². The van der Waals surface area contributed by atoms with Crippen LogP contribution in [0.4, 0.5) is 5.69 Å². The Morgan fingerprint density at radius 1 is 0.433 bits per heavy atom. The van der Waals surface area contributed by atoms with E-state index in [0.29, 0.717) is 0 Å². The van der Waals surface area contributed by atoms with E-state index in [1.54, 1.807) is 28.4 Å². The lowest BCUT2D eigenvalue weighted by atomic mass is 10.00. The first kappa shape index (κ1) is 55.1. The zero-order chi connectivity index (χ0) is 47.9. The summed E-state index contributed by atoms with van der Waals surface area (Å²) in [7, 11) is 6.91. The van der Waals surface area contributed by atoms with Crippen molar-refractivity contribution in [3.63, 3.8) is 0 Å². The molecule has 0 radical (unpaired) electrons. The van der Waals surface area contributed by atoms with Crippen LogP contribution in [0.15, 0.2) is 72.8 Å². The maximum atomic E-state index is 6.10. The van der Waals surface area contributed by atoms with Crippen LogP contribution in [0.3, 0.4) is 0 Å². The van der Waals surface area contributed by atoms with E-state index in [1.807, 2.05) is 0 Å². The van der Waals surface area contributed by atoms with Crippen LogP contribution >= 0.6 is 0 Å². The monoisotopic (exact) mass is 918 g/mol. The van der Waals surface area contributed by atoms with Crippen LogP contribution in [0.25, 0.3) is 22.8 Å². The number of methoxy groups -OCH3 is 4. The minimum atomic E-state index is 0.724. The van der Waals surface area contributed by atoms with E-state index in [4.69, 9.17) is 18.9 Å². The van der Waals surface area contributed by atoms with Gasteiger partial charge in [0.2, 0.25) is 0 Å². The van der Waals surface area contributed by atoms with Crippen LogP contribution in [0.1, 0.15) is 187 Å². The lowest BCUT2D eigenvalue weighted by molar-refractivity contribution is -0.527. The summed E-state index contributed by atoms with van der Waals surface area (Å²) in [6.45, 7) is 13.6. The van der Waals surface area contributed by atoms with Gasteiger partial charge in [0.25, 0.3) is 0 Å². The van der Waals surface area contributed by atoms with Gasteiger partial charge in [0.05, 0.1) is 39.2 Å². The Morgan fingerprint density at radius 2 is 0.836 bits per heavy atom. The molecule has 0 N–H and O–H groups in total. The fourth-order valence-corrected chi connectivity index (χ4v) is 9.44. The first-order valence-electron chi connectivity index (χ1n) is 27.0. The van der Waals surface area contributed by atoms with Crippen molar-refractivity contribution in [2.75, 3.05) is 59.5 Å². The molecule has 0 fully saturated rings. The number of benzene rings is 3. The molecule has 1 aliphatic rings. The first-order chi connectivity index (χ1) is 32.9. The van der Waals surface area contributed by atoms with Gasteiger partial charge < -0.3 is 23.8 Å². The van der Waals surface area contributed by atoms with E-state index in [9.17, 15) is 0 Å². The first-order valence-corrected chi connectivity index (χ1v) is 27.0. The molecular weight excluding hydrogens is 825 g/mol. The van der Waals surface area contributed by atoms with Crippen molar-refractivity contribution in [1.29, 1.82) is 0 Å². The van der Waals surface area contributed by atoms with Crippen molar-refractivity contribution >= 4 is 23.0 Å². The number of unbranched alkanes of at least 4 members (excludes halogenated alkanes) is 20. The minimum absolute atomic E-state index is 0.724. The highest BCUT2D eigenvalue weighted by molar-refractivity contribution is 6.05. The van der Waals surface area contributed by atoms with Crippen LogP contribution in [0.5, 0.6) is 23.0 Å². The van der Waals surface area contributed by atoms with Crippen LogP contribution < -0.4 is 34.3 Å². The maximum Gasteiger partial charge on any atom is 0.199 e. The molecule has 6 heteroatoms. The average Bonchev–Trinajstić information content (AvgIpc) is 3.36. The molecule has 67 heavy (non-hydrogen) atoms. The molecule has 0 spiro atoms. The number of hydrogen-bond donors (Lipinski definition) is 0. The Morgan fingerprint density at radius 3 is 1.25 bits per heavy atom. The van der Waals surface area contributed by atoms with Gasteiger partial charge in [-0.25, -0.2) is 4.58 Å². The third kappa shape index (κ3) is 18.9. The van der Waals surface area contributed by atoms with E-state index in [2.05, 4.69) is 116 Å². The molecule has 0 saturated heterocycles. The zero-order valence-electron chi connectivity index (χ0n) is 43.8. The second kappa shape index (κ2) is 33.1. The molecular formula is C61H93N2O4+. The number of allylic oxidation sites excluding steroid dienone is 4. The third-order valence-electron chi connectivity index (χ3n) is 13.6. The highest BCUT2D eigenvalue weighted by Gasteiger charge is 2.17. The summed E-state index contributed by atoms with van der Waals surface area (Å²) in [6.07, 6.45) is 42.7. The summed E-state index contributed by atoms with van der Waals surface area (Å²) < 4.78 is 27.0. The number of hydrogen-bond acceptors (Lipinski definition) is 5. The molecule has 0 aromatic heterocycles. The van der Waals surface area contributed by atoms with Crippen molar-refractivity contribution in [3.8, 4) is 34.1 Å². The number of ether oxygens (including phenoxy) is 4. The van der Waals surface area contributed by atoms with Crippen molar-refractivity contribution in [3.05, 3.63) is 88.8 Å². The van der Waals surface area contributed by atoms with Crippen molar-refractivity contribution in [2.24, 2.45) is 0 Å². The molecule has 0 heterocycles. The second-order valence-electron chi connectivity index (χ2n) is 18.9. The van der Waals surface area contributed by atoms with Gasteiger partial charge in [-0.1, -0.05) is 155 Å². The van der Waals surface area contributed by atoms with Gasteiger partial charge >= 0.3 is 0 Å². The van der Waals surface area contributed by atoms with Crippen LogP contribution in [0, 0.1) is 0 Å². The van der Waals surface area contributed by atoms with Gasteiger partial charge in [-0.2, -0.15) is 0 Å². The molecule has 0 unspecified atom stereocenters. The van der Waals surface area contributed by atoms with Gasteiger partial charge in [0, 0.05) is 43.8 Å². The van der Waals surface area contributed by atoms with Gasteiger partial charge in [-0.15, -0.1) is 0 Å². The zero-order valence-corrected chi connectivity index (χ0v) is 43.8. The molecule has 0 atom stereocenters. The predicted octanol–water partition coefficient (Wildman–Crippen LogP) is 15.2. The van der Waals surface area contributed by atoms with Crippen molar-refractivity contribution in [2.45, 2.75) is 182 Å². The molecule has 0 aliphatic heterocycles. The van der Waals surface area contributed by atoms with Gasteiger partial charge in [0.15, 0.2) is 5.71 Å². The largest absolute Gasteiger partial charge is 0.496 e. The molecule has 6 nitrogen and oxygen atoms in total. The lowest BCUT2D eigenvalue weighted by Crippen LogP contribution is -2.25. The summed E-state index contributed by atoms with van der Waals surface area (Å²) >= 11 is 0. The summed E-state index contributed by atoms with van der Waals surface area (Å²) in [5, 5.41) is 1.88. The number of anilines is 1. The molecule has 4 rings (SSSR count). The van der Waals surface area contributed by atoms with E-state index in [0.717, 1.165) is 81.9 Å². The van der Waals surface area contributed by atoms with Gasteiger partial charge in [-0.05, 0) is 102 Å². The third-order valence-corrected chi connectivity index (χ3v) is 13.6. The van der Waals surface area contributed by atoms with Crippen molar-refractivity contribution in [1.82, 2.24) is 0 Å². The molecule has 3 aromatic rings. The topological polar surface area (TPSA) is 43.2 Å². The highest BCUT2D eigenvalue weighted by Crippen LogP contribution is 2.37. The molecule has 0 bridgehead atoms. The quantitative estimate of drug-likeness (QED) is 0.0434. The van der Waals surface area contributed by atoms with Gasteiger partial charge in [-0.3, -0.25) is 0 Å². The fraction of sp³-hybridized carbons (Fsp3) is 0.590. The van der Waals surface area contributed by atoms with Crippen LogP contribution in [0.2, 0.25) is 0 Å². The Hall–Kier alpha value is -4.45. The Kier molecular flexibility index (Phi) is 27.3.